The van der Waals surface area contributed by atoms with Crippen molar-refractivity contribution in [2.45, 2.75) is 32.4 Å². The Bertz CT molecular complexity index is 436. The highest BCUT2D eigenvalue weighted by Gasteiger charge is 2.26. The summed E-state index contributed by atoms with van der Waals surface area (Å²) in [6.45, 7) is 5.76. The molecule has 1 aliphatic heterocycles. The highest BCUT2D eigenvalue weighted by atomic mass is 32.1. The van der Waals surface area contributed by atoms with E-state index < -0.39 is 0 Å². The number of carbonyl (C=O) groups excluding carboxylic acids is 1. The van der Waals surface area contributed by atoms with Gasteiger partial charge in [-0.25, -0.2) is 4.79 Å². The minimum absolute atomic E-state index is 0.0490. The Labute approximate surface area is 129 Å². The van der Waals surface area contributed by atoms with Gasteiger partial charge >= 0.3 is 6.03 Å². The lowest BCUT2D eigenvalue weighted by atomic mass is 10.0. The third-order valence-electron chi connectivity index (χ3n) is 3.52. The van der Waals surface area contributed by atoms with Crippen molar-refractivity contribution in [3.8, 4) is 0 Å². The molecule has 1 fully saturated rings. The standard InChI is InChI=1S/C15H24N2O3S/c1-11(2)8-13(14-4-3-7-21-14)16-15(19)17-5-6-20-12(9-17)10-18/h3-4,7,11-13,18H,5-6,8-10H2,1-2H3,(H,16,19)/t12-,13+/m0/s1. The number of aliphatic hydroxyl groups is 1. The Morgan fingerprint density at radius 2 is 2.43 bits per heavy atom. The second-order valence-electron chi connectivity index (χ2n) is 5.77. The average molecular weight is 312 g/mol. The fourth-order valence-electron chi connectivity index (χ4n) is 2.46. The van der Waals surface area contributed by atoms with Gasteiger partial charge in [0.25, 0.3) is 0 Å². The molecule has 5 nitrogen and oxygen atoms in total. The highest BCUT2D eigenvalue weighted by Crippen LogP contribution is 2.25. The van der Waals surface area contributed by atoms with E-state index in [4.69, 9.17) is 9.84 Å². The van der Waals surface area contributed by atoms with Crippen molar-refractivity contribution in [1.82, 2.24) is 10.2 Å². The van der Waals surface area contributed by atoms with Gasteiger partial charge in [0.15, 0.2) is 0 Å². The van der Waals surface area contributed by atoms with E-state index in [9.17, 15) is 4.79 Å². The summed E-state index contributed by atoms with van der Waals surface area (Å²) in [6, 6.07) is 4.05. The second kappa shape index (κ2) is 7.77. The lowest BCUT2D eigenvalue weighted by molar-refractivity contribution is -0.0405. The van der Waals surface area contributed by atoms with Gasteiger partial charge in [0, 0.05) is 11.4 Å². The van der Waals surface area contributed by atoms with E-state index >= 15 is 0 Å². The first-order chi connectivity index (χ1) is 10.1. The largest absolute Gasteiger partial charge is 0.394 e. The van der Waals surface area contributed by atoms with Gasteiger partial charge in [0.1, 0.15) is 0 Å². The third-order valence-corrected chi connectivity index (χ3v) is 4.51. The molecule has 1 saturated heterocycles. The lowest BCUT2D eigenvalue weighted by Gasteiger charge is -2.33. The maximum atomic E-state index is 12.4. The molecule has 1 aromatic heterocycles. The third kappa shape index (κ3) is 4.69. The van der Waals surface area contributed by atoms with Crippen molar-refractivity contribution in [2.75, 3.05) is 26.3 Å². The summed E-state index contributed by atoms with van der Waals surface area (Å²) in [4.78, 5) is 15.3. The van der Waals surface area contributed by atoms with Crippen LogP contribution in [0.15, 0.2) is 17.5 Å². The van der Waals surface area contributed by atoms with Crippen LogP contribution in [0, 0.1) is 5.92 Å². The van der Waals surface area contributed by atoms with Crippen LogP contribution in [0.3, 0.4) is 0 Å². The van der Waals surface area contributed by atoms with Crippen molar-refractivity contribution in [3.05, 3.63) is 22.4 Å². The molecule has 21 heavy (non-hydrogen) atoms. The number of carbonyl (C=O) groups is 1. The van der Waals surface area contributed by atoms with Crippen LogP contribution in [0.5, 0.6) is 0 Å². The maximum absolute atomic E-state index is 12.4. The molecule has 2 N–H and O–H groups in total. The monoisotopic (exact) mass is 312 g/mol. The molecule has 1 aromatic rings. The molecule has 0 spiro atoms. The number of hydrogen-bond acceptors (Lipinski definition) is 4. The summed E-state index contributed by atoms with van der Waals surface area (Å²) < 4.78 is 5.38. The van der Waals surface area contributed by atoms with E-state index in [1.165, 1.54) is 4.88 Å². The normalized spacial score (nSPS) is 20.6. The highest BCUT2D eigenvalue weighted by molar-refractivity contribution is 7.10. The van der Waals surface area contributed by atoms with Gasteiger partial charge < -0.3 is 20.1 Å². The molecule has 2 rings (SSSR count). The Hall–Kier alpha value is -1.11. The number of ether oxygens (including phenoxy) is 1. The Morgan fingerprint density at radius 1 is 1.62 bits per heavy atom. The number of aliphatic hydroxyl groups excluding tert-OH is 1. The molecule has 0 saturated carbocycles. The molecular weight excluding hydrogens is 288 g/mol. The van der Waals surface area contributed by atoms with Gasteiger partial charge in [-0.3, -0.25) is 0 Å². The lowest BCUT2D eigenvalue weighted by Crippen LogP contribution is -2.51. The number of rotatable bonds is 5. The molecule has 0 aromatic carbocycles. The van der Waals surface area contributed by atoms with Crippen LogP contribution in [0.1, 0.15) is 31.2 Å². The van der Waals surface area contributed by atoms with Crippen LogP contribution in [0.2, 0.25) is 0 Å². The van der Waals surface area contributed by atoms with Gasteiger partial charge in [-0.1, -0.05) is 19.9 Å². The number of morpholine rings is 1. The average Bonchev–Trinajstić information content (AvgIpc) is 3.00. The fraction of sp³-hybridized carbons (Fsp3) is 0.667. The number of amides is 2. The van der Waals surface area contributed by atoms with Crippen LogP contribution in [-0.2, 0) is 4.74 Å². The van der Waals surface area contributed by atoms with Crippen molar-refractivity contribution in [3.63, 3.8) is 0 Å². The van der Waals surface area contributed by atoms with Crippen LogP contribution in [0.4, 0.5) is 4.79 Å². The molecule has 2 heterocycles. The van der Waals surface area contributed by atoms with E-state index in [1.54, 1.807) is 16.2 Å². The SMILES string of the molecule is CC(C)C[C@@H](NC(=O)N1CCO[C@H](CO)C1)c1cccs1. The topological polar surface area (TPSA) is 61.8 Å². The predicted octanol–water partition coefficient (Wildman–Crippen LogP) is 2.24. The Balaban J connectivity index is 1.97. The zero-order chi connectivity index (χ0) is 15.2. The molecular formula is C15H24N2O3S. The first-order valence-corrected chi connectivity index (χ1v) is 8.29. The van der Waals surface area contributed by atoms with Gasteiger partial charge in [0.2, 0.25) is 0 Å². The zero-order valence-corrected chi connectivity index (χ0v) is 13.4. The number of urea groups is 1. The number of nitrogens with one attached hydrogen (secondary N) is 1. The molecule has 0 unspecified atom stereocenters. The summed E-state index contributed by atoms with van der Waals surface area (Å²) in [5.41, 5.74) is 0. The van der Waals surface area contributed by atoms with Crippen molar-refractivity contribution in [2.24, 2.45) is 5.92 Å². The fourth-order valence-corrected chi connectivity index (χ4v) is 3.25. The molecule has 0 aliphatic carbocycles. The summed E-state index contributed by atoms with van der Waals surface area (Å²) in [7, 11) is 0. The predicted molar refractivity (Wildman–Crippen MR) is 83.4 cm³/mol. The molecule has 1 aliphatic rings. The van der Waals surface area contributed by atoms with E-state index in [1.807, 2.05) is 11.4 Å². The van der Waals surface area contributed by atoms with Crippen molar-refractivity contribution < 1.29 is 14.6 Å². The molecule has 2 amide bonds. The first-order valence-electron chi connectivity index (χ1n) is 7.41. The van der Waals surface area contributed by atoms with Crippen LogP contribution < -0.4 is 5.32 Å². The quantitative estimate of drug-likeness (QED) is 0.876. The second-order valence-corrected chi connectivity index (χ2v) is 6.75. The van der Waals surface area contributed by atoms with E-state index in [0.717, 1.165) is 6.42 Å². The molecule has 2 atom stereocenters. The van der Waals surface area contributed by atoms with Crippen LogP contribution in [-0.4, -0.2) is 48.4 Å². The minimum Gasteiger partial charge on any atom is -0.394 e. The number of thiophene rings is 1. The van der Waals surface area contributed by atoms with Crippen LogP contribution >= 0.6 is 11.3 Å². The molecule has 118 valence electrons. The van der Waals surface area contributed by atoms with Crippen LogP contribution in [0.25, 0.3) is 0 Å². The summed E-state index contributed by atoms with van der Waals surface area (Å²) in [6.07, 6.45) is 0.648. The molecule has 0 radical (unpaired) electrons. The van der Waals surface area contributed by atoms with E-state index in [2.05, 4.69) is 25.2 Å². The van der Waals surface area contributed by atoms with Gasteiger partial charge in [-0.15, -0.1) is 11.3 Å². The zero-order valence-electron chi connectivity index (χ0n) is 12.6. The van der Waals surface area contributed by atoms with Gasteiger partial charge in [-0.05, 0) is 23.8 Å². The summed E-state index contributed by atoms with van der Waals surface area (Å²) in [5, 5.41) is 14.3. The summed E-state index contributed by atoms with van der Waals surface area (Å²) in [5.74, 6) is 0.507. The summed E-state index contributed by atoms with van der Waals surface area (Å²) >= 11 is 1.67. The molecule has 6 heteroatoms. The molecule has 0 bridgehead atoms. The first kappa shape index (κ1) is 16.3. The maximum Gasteiger partial charge on any atom is 0.318 e. The van der Waals surface area contributed by atoms with Crippen molar-refractivity contribution in [1.29, 1.82) is 0 Å². The van der Waals surface area contributed by atoms with E-state index in [0.29, 0.717) is 25.6 Å². The van der Waals surface area contributed by atoms with E-state index in [-0.39, 0.29) is 24.8 Å². The Kier molecular flexibility index (Phi) is 6.02. The van der Waals surface area contributed by atoms with Crippen molar-refractivity contribution >= 4 is 17.4 Å². The smallest absolute Gasteiger partial charge is 0.318 e. The minimum atomic E-state index is -0.269. The number of hydrogen-bond donors (Lipinski definition) is 2. The van der Waals surface area contributed by atoms with Gasteiger partial charge in [-0.2, -0.15) is 0 Å². The number of nitrogens with zero attached hydrogens (tertiary/aromatic N) is 1. The van der Waals surface area contributed by atoms with Gasteiger partial charge in [0.05, 0.1) is 31.9 Å². The Morgan fingerprint density at radius 3 is 3.05 bits per heavy atom.